The fourth-order valence-electron chi connectivity index (χ4n) is 1.91. The first-order valence-corrected chi connectivity index (χ1v) is 7.97. The Balaban J connectivity index is 2.62. The molecule has 22 heavy (non-hydrogen) atoms. The predicted octanol–water partition coefficient (Wildman–Crippen LogP) is 4.38. The van der Waals surface area contributed by atoms with Gasteiger partial charge in [0, 0.05) is 6.61 Å². The number of unbranched alkanes of at least 4 members (excludes halogenated alkanes) is 1. The molecular formula is C18H29NO3. The Morgan fingerprint density at radius 3 is 2.41 bits per heavy atom. The molecule has 0 aliphatic heterocycles. The van der Waals surface area contributed by atoms with Crippen molar-refractivity contribution in [3.8, 4) is 0 Å². The second kappa shape index (κ2) is 8.79. The Kier molecular flexibility index (Phi) is 7.39. The lowest BCUT2D eigenvalue weighted by Crippen LogP contribution is -2.35. The Morgan fingerprint density at radius 2 is 1.86 bits per heavy atom. The minimum atomic E-state index is -0.494. The van der Waals surface area contributed by atoms with Gasteiger partial charge in [-0.25, -0.2) is 4.79 Å². The highest BCUT2D eigenvalue weighted by Gasteiger charge is 2.18. The monoisotopic (exact) mass is 307 g/mol. The van der Waals surface area contributed by atoms with Crippen molar-refractivity contribution in [1.29, 1.82) is 0 Å². The number of benzene rings is 1. The zero-order valence-corrected chi connectivity index (χ0v) is 14.4. The molecule has 0 saturated carbocycles. The lowest BCUT2D eigenvalue weighted by molar-refractivity contribution is 0.0333. The van der Waals surface area contributed by atoms with E-state index >= 15 is 0 Å². The standard InChI is InChI=1S/C18H29NO3/c1-6-7-12-21-16(15-10-8-14(2)9-11-15)13-19-17(20)22-18(3,4)5/h8-11,16H,6-7,12-13H2,1-5H3,(H,19,20). The summed E-state index contributed by atoms with van der Waals surface area (Å²) in [6, 6.07) is 8.20. The van der Waals surface area contributed by atoms with Crippen molar-refractivity contribution in [2.45, 2.75) is 59.2 Å². The zero-order valence-electron chi connectivity index (χ0n) is 14.4. The van der Waals surface area contributed by atoms with Gasteiger partial charge in [0.2, 0.25) is 0 Å². The maximum Gasteiger partial charge on any atom is 0.407 e. The Bertz CT molecular complexity index is 448. The first-order chi connectivity index (χ1) is 10.3. The summed E-state index contributed by atoms with van der Waals surface area (Å²) in [5.74, 6) is 0. The number of ether oxygens (including phenoxy) is 2. The van der Waals surface area contributed by atoms with Crippen molar-refractivity contribution in [3.63, 3.8) is 0 Å². The number of aryl methyl sites for hydroxylation is 1. The molecule has 0 bridgehead atoms. The molecule has 0 radical (unpaired) electrons. The van der Waals surface area contributed by atoms with Crippen LogP contribution in [0.15, 0.2) is 24.3 Å². The van der Waals surface area contributed by atoms with Gasteiger partial charge < -0.3 is 14.8 Å². The van der Waals surface area contributed by atoms with E-state index in [0.29, 0.717) is 13.2 Å². The van der Waals surface area contributed by atoms with Crippen LogP contribution >= 0.6 is 0 Å². The summed E-state index contributed by atoms with van der Waals surface area (Å²) in [7, 11) is 0. The molecule has 0 aliphatic rings. The van der Waals surface area contributed by atoms with Gasteiger partial charge in [-0.3, -0.25) is 0 Å². The average molecular weight is 307 g/mol. The van der Waals surface area contributed by atoms with E-state index in [1.807, 2.05) is 32.9 Å². The molecule has 1 N–H and O–H groups in total. The molecule has 0 aromatic heterocycles. The van der Waals surface area contributed by atoms with Crippen LogP contribution < -0.4 is 5.32 Å². The summed E-state index contributed by atoms with van der Waals surface area (Å²) in [6.07, 6.45) is 1.53. The number of nitrogens with one attached hydrogen (secondary N) is 1. The van der Waals surface area contributed by atoms with Crippen molar-refractivity contribution < 1.29 is 14.3 Å². The predicted molar refractivity (Wildman–Crippen MR) is 89.0 cm³/mol. The molecule has 4 nitrogen and oxygen atoms in total. The van der Waals surface area contributed by atoms with Crippen LogP contribution in [0.3, 0.4) is 0 Å². The van der Waals surface area contributed by atoms with E-state index in [2.05, 4.69) is 31.3 Å². The van der Waals surface area contributed by atoms with Crippen molar-refractivity contribution >= 4 is 6.09 Å². The van der Waals surface area contributed by atoms with Crippen LogP contribution in [0.4, 0.5) is 4.79 Å². The Hall–Kier alpha value is -1.55. The lowest BCUT2D eigenvalue weighted by atomic mass is 10.1. The largest absolute Gasteiger partial charge is 0.444 e. The van der Waals surface area contributed by atoms with Crippen molar-refractivity contribution in [2.75, 3.05) is 13.2 Å². The fraction of sp³-hybridized carbons (Fsp3) is 0.611. The van der Waals surface area contributed by atoms with Crippen molar-refractivity contribution in [3.05, 3.63) is 35.4 Å². The minimum absolute atomic E-state index is 0.153. The molecule has 0 aliphatic carbocycles. The van der Waals surface area contributed by atoms with Gasteiger partial charge in [-0.1, -0.05) is 43.2 Å². The third kappa shape index (κ3) is 7.46. The van der Waals surface area contributed by atoms with Gasteiger partial charge >= 0.3 is 6.09 Å². The summed E-state index contributed by atoms with van der Waals surface area (Å²) in [4.78, 5) is 11.8. The summed E-state index contributed by atoms with van der Waals surface area (Å²) in [6.45, 7) is 10.8. The van der Waals surface area contributed by atoms with Gasteiger partial charge in [0.1, 0.15) is 5.60 Å². The first-order valence-electron chi connectivity index (χ1n) is 7.97. The molecule has 124 valence electrons. The van der Waals surface area contributed by atoms with Crippen LogP contribution in [0.5, 0.6) is 0 Å². The molecular weight excluding hydrogens is 278 g/mol. The highest BCUT2D eigenvalue weighted by molar-refractivity contribution is 5.67. The Labute approximate surface area is 134 Å². The van der Waals surface area contributed by atoms with Crippen LogP contribution in [0.1, 0.15) is 57.8 Å². The summed E-state index contributed by atoms with van der Waals surface area (Å²) < 4.78 is 11.2. The van der Waals surface area contributed by atoms with Crippen LogP contribution in [0.2, 0.25) is 0 Å². The van der Waals surface area contributed by atoms with Crippen molar-refractivity contribution in [2.24, 2.45) is 0 Å². The third-order valence-electron chi connectivity index (χ3n) is 3.10. The van der Waals surface area contributed by atoms with Gasteiger partial charge in [-0.05, 0) is 39.7 Å². The van der Waals surface area contributed by atoms with E-state index in [-0.39, 0.29) is 6.10 Å². The number of alkyl carbamates (subject to hydrolysis) is 1. The van der Waals surface area contributed by atoms with Gasteiger partial charge in [-0.2, -0.15) is 0 Å². The van der Waals surface area contributed by atoms with Gasteiger partial charge in [-0.15, -0.1) is 0 Å². The van der Waals surface area contributed by atoms with E-state index < -0.39 is 11.7 Å². The number of rotatable bonds is 7. The van der Waals surface area contributed by atoms with E-state index in [9.17, 15) is 4.79 Å². The highest BCUT2D eigenvalue weighted by Crippen LogP contribution is 2.18. The SMILES string of the molecule is CCCCOC(CNC(=O)OC(C)(C)C)c1ccc(C)cc1. The number of carbonyl (C=O) groups is 1. The second-order valence-electron chi connectivity index (χ2n) is 6.51. The molecule has 4 heteroatoms. The first kappa shape index (κ1) is 18.5. The average Bonchev–Trinajstić information content (AvgIpc) is 2.42. The second-order valence-corrected chi connectivity index (χ2v) is 6.51. The quantitative estimate of drug-likeness (QED) is 0.761. The third-order valence-corrected chi connectivity index (χ3v) is 3.10. The maximum atomic E-state index is 11.8. The molecule has 0 heterocycles. The van der Waals surface area contributed by atoms with Crippen LogP contribution in [-0.2, 0) is 9.47 Å². The molecule has 1 aromatic carbocycles. The fourth-order valence-corrected chi connectivity index (χ4v) is 1.91. The van der Waals surface area contributed by atoms with E-state index in [4.69, 9.17) is 9.47 Å². The van der Waals surface area contributed by atoms with Crippen LogP contribution in [0, 0.1) is 6.92 Å². The topological polar surface area (TPSA) is 47.6 Å². The molecule has 1 aromatic rings. The van der Waals surface area contributed by atoms with Gasteiger partial charge in [0.25, 0.3) is 0 Å². The molecule has 1 amide bonds. The van der Waals surface area contributed by atoms with E-state index in [1.54, 1.807) is 0 Å². The van der Waals surface area contributed by atoms with Crippen LogP contribution in [0.25, 0.3) is 0 Å². The molecule has 1 unspecified atom stereocenters. The van der Waals surface area contributed by atoms with Gasteiger partial charge in [0.05, 0.1) is 12.6 Å². The smallest absolute Gasteiger partial charge is 0.407 e. The number of hydrogen-bond acceptors (Lipinski definition) is 3. The zero-order chi connectivity index (χ0) is 16.6. The lowest BCUT2D eigenvalue weighted by Gasteiger charge is -2.22. The molecule has 1 atom stereocenters. The summed E-state index contributed by atoms with van der Waals surface area (Å²) >= 11 is 0. The minimum Gasteiger partial charge on any atom is -0.444 e. The van der Waals surface area contributed by atoms with Crippen LogP contribution in [-0.4, -0.2) is 24.8 Å². The maximum absolute atomic E-state index is 11.8. The van der Waals surface area contributed by atoms with E-state index in [1.165, 1.54) is 5.56 Å². The summed E-state index contributed by atoms with van der Waals surface area (Å²) in [5, 5.41) is 2.79. The number of amides is 1. The van der Waals surface area contributed by atoms with Crippen molar-refractivity contribution in [1.82, 2.24) is 5.32 Å². The molecule has 0 spiro atoms. The molecule has 0 fully saturated rings. The molecule has 0 saturated heterocycles. The summed E-state index contributed by atoms with van der Waals surface area (Å²) in [5.41, 5.74) is 1.78. The van der Waals surface area contributed by atoms with Gasteiger partial charge in [0.15, 0.2) is 0 Å². The molecule has 1 rings (SSSR count). The van der Waals surface area contributed by atoms with E-state index in [0.717, 1.165) is 18.4 Å². The Morgan fingerprint density at radius 1 is 1.23 bits per heavy atom. The number of carbonyl (C=O) groups excluding carboxylic acids is 1. The normalized spacial score (nSPS) is 12.8. The number of hydrogen-bond donors (Lipinski definition) is 1. The highest BCUT2D eigenvalue weighted by atomic mass is 16.6.